The third-order valence-electron chi connectivity index (χ3n) is 7.88. The monoisotopic (exact) mass is 606 g/mol. The molecule has 0 aromatic carbocycles. The first kappa shape index (κ1) is 29.0. The van der Waals surface area contributed by atoms with Gasteiger partial charge >= 0.3 is 0 Å². The number of aromatic nitrogens is 6. The van der Waals surface area contributed by atoms with E-state index in [1.807, 2.05) is 19.3 Å². The lowest BCUT2D eigenvalue weighted by Gasteiger charge is -2.35. The van der Waals surface area contributed by atoms with Crippen LogP contribution in [-0.4, -0.2) is 67.9 Å². The second-order valence-corrected chi connectivity index (χ2v) is 13.3. The third-order valence-corrected chi connectivity index (χ3v) is 9.92. The van der Waals surface area contributed by atoms with Gasteiger partial charge in [0.05, 0.1) is 51.9 Å². The average molecular weight is 607 g/mol. The topological polar surface area (TPSA) is 158 Å². The molecule has 1 unspecified atom stereocenters. The van der Waals surface area contributed by atoms with Crippen LogP contribution in [0.2, 0.25) is 0 Å². The van der Waals surface area contributed by atoms with Gasteiger partial charge in [0.15, 0.2) is 11.5 Å². The molecule has 14 heteroatoms. The molecule has 0 amide bonds. The van der Waals surface area contributed by atoms with E-state index in [9.17, 15) is 12.8 Å². The molecular weight excluding hydrogens is 571 g/mol. The Hall–Kier alpha value is -4.06. The lowest BCUT2D eigenvalue weighted by molar-refractivity contribution is 0.310. The number of nitrogens with zero attached hydrogens (tertiary/aromatic N) is 6. The van der Waals surface area contributed by atoms with Crippen LogP contribution in [0.5, 0.6) is 0 Å². The maximum absolute atomic E-state index is 12.6. The van der Waals surface area contributed by atoms with E-state index in [-0.39, 0.29) is 18.0 Å². The summed E-state index contributed by atoms with van der Waals surface area (Å²) in [4.78, 5) is 9.06. The standard InChI is InChI=1S/C29H35FN10O2S/c1-39-18-20(15-35-39)2-3-21-16-34-29(31,14-26(21)37-24-6-4-23(5-7-24)32-13-11-30)27-10-12-33-28(38-27)22-17-36-40(19-22)43(41,42)25-8-9-25/h10,12,14-19,23-25,32,34,37H,4-9,11,13,31H2,1H3. The van der Waals surface area contributed by atoms with Crippen LogP contribution in [0.4, 0.5) is 4.39 Å². The van der Waals surface area contributed by atoms with Gasteiger partial charge in [-0.15, -0.1) is 0 Å². The van der Waals surface area contributed by atoms with Gasteiger partial charge in [0, 0.05) is 44.3 Å². The second kappa shape index (κ2) is 11.9. The van der Waals surface area contributed by atoms with Gasteiger partial charge in [0.1, 0.15) is 6.67 Å². The smallest absolute Gasteiger partial charge is 0.256 e. The summed E-state index contributed by atoms with van der Waals surface area (Å²) in [6.45, 7) is 0.0111. The number of alkyl halides is 1. The summed E-state index contributed by atoms with van der Waals surface area (Å²) in [6, 6.07) is 2.23. The van der Waals surface area contributed by atoms with Crippen molar-refractivity contribution in [1.82, 2.24) is 44.9 Å². The first-order valence-electron chi connectivity index (χ1n) is 14.4. The van der Waals surface area contributed by atoms with E-state index in [1.165, 1.54) is 12.4 Å². The molecule has 6 rings (SSSR count). The first-order chi connectivity index (χ1) is 20.7. The Morgan fingerprint density at radius 3 is 2.63 bits per heavy atom. The summed E-state index contributed by atoms with van der Waals surface area (Å²) in [6.07, 6.45) is 16.7. The number of hydrogen-bond acceptors (Lipinski definition) is 10. The second-order valence-electron chi connectivity index (χ2n) is 11.2. The normalized spacial score (nSPS) is 23.9. The Kier molecular flexibility index (Phi) is 8.04. The van der Waals surface area contributed by atoms with Crippen LogP contribution >= 0.6 is 0 Å². The minimum atomic E-state index is -3.51. The minimum Gasteiger partial charge on any atom is -0.381 e. The minimum absolute atomic E-state index is 0.195. The summed E-state index contributed by atoms with van der Waals surface area (Å²) in [5, 5.41) is 18.1. The fourth-order valence-corrected chi connectivity index (χ4v) is 6.82. The lowest BCUT2D eigenvalue weighted by Crippen LogP contribution is -2.50. The van der Waals surface area contributed by atoms with Crippen molar-refractivity contribution in [1.29, 1.82) is 0 Å². The number of aryl methyl sites for hydroxylation is 1. The van der Waals surface area contributed by atoms with Crippen molar-refractivity contribution in [2.45, 2.75) is 61.5 Å². The van der Waals surface area contributed by atoms with Crippen molar-refractivity contribution >= 4 is 10.0 Å². The molecule has 0 radical (unpaired) electrons. The van der Waals surface area contributed by atoms with Crippen molar-refractivity contribution in [3.05, 3.63) is 71.9 Å². The molecule has 43 heavy (non-hydrogen) atoms. The van der Waals surface area contributed by atoms with Gasteiger partial charge in [-0.1, -0.05) is 11.8 Å². The molecule has 12 nitrogen and oxygen atoms in total. The summed E-state index contributed by atoms with van der Waals surface area (Å²) in [5.41, 5.74) is 8.98. The van der Waals surface area contributed by atoms with Crippen LogP contribution in [-0.2, 0) is 22.7 Å². The molecule has 0 saturated heterocycles. The molecule has 4 heterocycles. The van der Waals surface area contributed by atoms with Gasteiger partial charge < -0.3 is 21.7 Å². The highest BCUT2D eigenvalue weighted by Crippen LogP contribution is 2.31. The van der Waals surface area contributed by atoms with Gasteiger partial charge in [-0.2, -0.15) is 14.3 Å². The highest BCUT2D eigenvalue weighted by Gasteiger charge is 2.38. The van der Waals surface area contributed by atoms with Crippen molar-refractivity contribution in [3.63, 3.8) is 0 Å². The van der Waals surface area contributed by atoms with Gasteiger partial charge in [0.2, 0.25) is 0 Å². The SMILES string of the molecule is Cn1cc(C#CC2=CNC(N)(c3ccnc(-c4cnn(S(=O)(=O)C5CC5)c4)n3)C=C2NC2CCC(NCCF)CC2)cn1. The van der Waals surface area contributed by atoms with E-state index >= 15 is 0 Å². The Morgan fingerprint density at radius 1 is 1.12 bits per heavy atom. The first-order valence-corrected chi connectivity index (χ1v) is 15.9. The van der Waals surface area contributed by atoms with Gasteiger partial charge in [-0.05, 0) is 50.7 Å². The van der Waals surface area contributed by atoms with Crippen molar-refractivity contribution in [2.24, 2.45) is 12.8 Å². The van der Waals surface area contributed by atoms with Gasteiger partial charge in [-0.25, -0.2) is 22.8 Å². The van der Waals surface area contributed by atoms with E-state index < -0.39 is 15.7 Å². The molecule has 5 N–H and O–H groups in total. The van der Waals surface area contributed by atoms with Crippen LogP contribution in [0, 0.1) is 11.8 Å². The molecule has 1 aliphatic heterocycles. The third kappa shape index (κ3) is 6.48. The number of rotatable bonds is 9. The molecule has 3 aliphatic rings. The van der Waals surface area contributed by atoms with Gasteiger partial charge in [-0.3, -0.25) is 4.68 Å². The molecule has 226 valence electrons. The fourth-order valence-electron chi connectivity index (χ4n) is 5.34. The number of hydrogen-bond donors (Lipinski definition) is 4. The Morgan fingerprint density at radius 2 is 1.91 bits per heavy atom. The number of nitrogens with two attached hydrogens (primary N) is 1. The number of allylic oxidation sites excluding steroid dienone is 1. The fraction of sp³-hybridized carbons (Fsp3) is 0.448. The highest BCUT2D eigenvalue weighted by molar-refractivity contribution is 7.90. The van der Waals surface area contributed by atoms with E-state index in [2.05, 4.69) is 43.0 Å². The number of dihydropyridines is 1. The van der Waals surface area contributed by atoms with E-state index in [1.54, 1.807) is 29.3 Å². The Balaban J connectivity index is 1.26. The molecule has 0 spiro atoms. The van der Waals surface area contributed by atoms with Crippen LogP contribution in [0.25, 0.3) is 11.4 Å². The Bertz CT molecular complexity index is 1710. The van der Waals surface area contributed by atoms with E-state index in [0.717, 1.165) is 46.6 Å². The molecule has 2 aliphatic carbocycles. The van der Waals surface area contributed by atoms with Crippen molar-refractivity contribution in [3.8, 4) is 23.2 Å². The summed E-state index contributed by atoms with van der Waals surface area (Å²) in [5.74, 6) is 6.72. The van der Waals surface area contributed by atoms with Crippen LogP contribution in [0.15, 0.2) is 60.6 Å². The molecular formula is C29H35FN10O2S. The van der Waals surface area contributed by atoms with Crippen molar-refractivity contribution in [2.75, 3.05) is 13.2 Å². The van der Waals surface area contributed by atoms with Crippen LogP contribution in [0.1, 0.15) is 49.8 Å². The predicted octanol–water partition coefficient (Wildman–Crippen LogP) is 1.41. The molecule has 3 aromatic rings. The van der Waals surface area contributed by atoms with Gasteiger partial charge in [0.25, 0.3) is 10.0 Å². The summed E-state index contributed by atoms with van der Waals surface area (Å²) >= 11 is 0. The molecule has 0 bridgehead atoms. The Labute approximate surface area is 250 Å². The number of nitrogens with one attached hydrogen (secondary N) is 3. The van der Waals surface area contributed by atoms with Crippen molar-refractivity contribution < 1.29 is 12.8 Å². The zero-order chi connectivity index (χ0) is 30.0. The summed E-state index contributed by atoms with van der Waals surface area (Å²) < 4.78 is 40.6. The average Bonchev–Trinajstić information content (AvgIpc) is 3.61. The maximum Gasteiger partial charge on any atom is 0.256 e. The quantitative estimate of drug-likeness (QED) is 0.263. The lowest BCUT2D eigenvalue weighted by atomic mass is 9.90. The molecule has 2 saturated carbocycles. The van der Waals surface area contributed by atoms with E-state index in [4.69, 9.17) is 10.7 Å². The highest BCUT2D eigenvalue weighted by atomic mass is 32.2. The zero-order valence-corrected chi connectivity index (χ0v) is 24.7. The summed E-state index contributed by atoms with van der Waals surface area (Å²) in [7, 11) is -1.67. The van der Waals surface area contributed by atoms with Crippen LogP contribution in [0.3, 0.4) is 0 Å². The van der Waals surface area contributed by atoms with Crippen LogP contribution < -0.4 is 21.7 Å². The number of halogens is 1. The molecule has 2 fully saturated rings. The molecule has 1 atom stereocenters. The maximum atomic E-state index is 12.6. The van der Waals surface area contributed by atoms with E-state index in [0.29, 0.717) is 42.5 Å². The predicted molar refractivity (Wildman–Crippen MR) is 159 cm³/mol. The molecule has 3 aromatic heterocycles. The zero-order valence-electron chi connectivity index (χ0n) is 23.9. The largest absolute Gasteiger partial charge is 0.381 e.